The third kappa shape index (κ3) is 3.25. The summed E-state index contributed by atoms with van der Waals surface area (Å²) in [7, 11) is 0. The van der Waals surface area contributed by atoms with Crippen LogP contribution in [0.2, 0.25) is 0 Å². The van der Waals surface area contributed by atoms with Crippen molar-refractivity contribution in [3.05, 3.63) is 52.4 Å². The molecule has 1 fully saturated rings. The minimum atomic E-state index is -0.00667. The Balaban J connectivity index is 1.68. The first-order chi connectivity index (χ1) is 12.2. The van der Waals surface area contributed by atoms with Gasteiger partial charge in [-0.05, 0) is 26.0 Å². The van der Waals surface area contributed by atoms with Gasteiger partial charge >= 0.3 is 0 Å². The second-order valence-corrected chi connectivity index (χ2v) is 6.92. The fraction of sp³-hybridized carbons (Fsp3) is 0.333. The van der Waals surface area contributed by atoms with Gasteiger partial charge in [-0.15, -0.1) is 11.3 Å². The van der Waals surface area contributed by atoms with Crippen molar-refractivity contribution in [3.8, 4) is 11.4 Å². The van der Waals surface area contributed by atoms with E-state index in [1.807, 2.05) is 30.6 Å². The Kier molecular flexibility index (Phi) is 4.42. The molecule has 7 heteroatoms. The number of ether oxygens (including phenoxy) is 1. The molecule has 1 aliphatic heterocycles. The van der Waals surface area contributed by atoms with Crippen molar-refractivity contribution >= 4 is 17.2 Å². The lowest BCUT2D eigenvalue weighted by Gasteiger charge is -2.34. The summed E-state index contributed by atoms with van der Waals surface area (Å²) in [5, 5.41) is 3.00. The molecule has 1 unspecified atom stereocenters. The lowest BCUT2D eigenvalue weighted by molar-refractivity contribution is 0.0393. The Morgan fingerprint density at radius 2 is 2.00 bits per heavy atom. The molecule has 4 heterocycles. The fourth-order valence-corrected chi connectivity index (χ4v) is 3.61. The third-order valence-corrected chi connectivity index (χ3v) is 5.26. The maximum atomic E-state index is 5.91. The van der Waals surface area contributed by atoms with Gasteiger partial charge < -0.3 is 9.64 Å². The average Bonchev–Trinajstić information content (AvgIpc) is 3.19. The lowest BCUT2D eigenvalue weighted by atomic mass is 10.2. The summed E-state index contributed by atoms with van der Waals surface area (Å²) < 4.78 is 5.91. The molecule has 1 saturated heterocycles. The van der Waals surface area contributed by atoms with Crippen molar-refractivity contribution < 1.29 is 4.74 Å². The smallest absolute Gasteiger partial charge is 0.161 e. The quantitative estimate of drug-likeness (QED) is 0.720. The second-order valence-electron chi connectivity index (χ2n) is 5.99. The molecule has 1 atom stereocenters. The first-order valence-corrected chi connectivity index (χ1v) is 9.12. The summed E-state index contributed by atoms with van der Waals surface area (Å²) in [6, 6.07) is 3.87. The number of aryl methyl sites for hydroxylation is 1. The van der Waals surface area contributed by atoms with Crippen LogP contribution in [0, 0.1) is 13.8 Å². The fourth-order valence-electron chi connectivity index (χ4n) is 2.94. The summed E-state index contributed by atoms with van der Waals surface area (Å²) >= 11 is 1.63. The highest BCUT2D eigenvalue weighted by Gasteiger charge is 2.26. The monoisotopic (exact) mass is 353 g/mol. The summed E-state index contributed by atoms with van der Waals surface area (Å²) in [5.41, 5.74) is 3.08. The molecule has 0 bridgehead atoms. The second kappa shape index (κ2) is 6.85. The van der Waals surface area contributed by atoms with Crippen LogP contribution in [0.15, 0.2) is 36.1 Å². The maximum absolute atomic E-state index is 5.91. The van der Waals surface area contributed by atoms with Gasteiger partial charge in [0.25, 0.3) is 0 Å². The summed E-state index contributed by atoms with van der Waals surface area (Å²) in [6.07, 6.45) is 5.35. The molecule has 0 N–H and O–H groups in total. The molecule has 0 amide bonds. The van der Waals surface area contributed by atoms with E-state index in [0.717, 1.165) is 46.6 Å². The van der Waals surface area contributed by atoms with Crippen LogP contribution in [0.1, 0.15) is 22.4 Å². The number of rotatable bonds is 3. The van der Waals surface area contributed by atoms with Crippen LogP contribution in [-0.4, -0.2) is 39.6 Å². The Hall–Kier alpha value is -2.38. The van der Waals surface area contributed by atoms with Crippen molar-refractivity contribution in [1.29, 1.82) is 0 Å². The predicted octanol–water partition coefficient (Wildman–Crippen LogP) is 3.19. The van der Waals surface area contributed by atoms with Crippen LogP contribution in [0.25, 0.3) is 11.4 Å². The van der Waals surface area contributed by atoms with E-state index in [1.165, 1.54) is 0 Å². The standard InChI is InChI=1S/C18H19N5OS/c1-12-13(2)21-16(14-3-5-19-6-4-14)22-17(12)23-8-9-24-15(11-23)18-20-7-10-25-18/h3-7,10,15H,8-9,11H2,1-2H3. The van der Waals surface area contributed by atoms with Crippen molar-refractivity contribution in [1.82, 2.24) is 19.9 Å². The van der Waals surface area contributed by atoms with Crippen LogP contribution in [0.5, 0.6) is 0 Å². The van der Waals surface area contributed by atoms with Gasteiger partial charge in [0.1, 0.15) is 16.9 Å². The van der Waals surface area contributed by atoms with E-state index in [4.69, 9.17) is 9.72 Å². The molecule has 0 spiro atoms. The van der Waals surface area contributed by atoms with Crippen molar-refractivity contribution in [2.24, 2.45) is 0 Å². The van der Waals surface area contributed by atoms with E-state index in [-0.39, 0.29) is 6.10 Å². The highest BCUT2D eigenvalue weighted by atomic mass is 32.1. The van der Waals surface area contributed by atoms with Crippen LogP contribution in [0.4, 0.5) is 5.82 Å². The number of pyridine rings is 1. The number of thiazole rings is 1. The van der Waals surface area contributed by atoms with E-state index in [2.05, 4.69) is 26.8 Å². The Labute approximate surface area is 150 Å². The zero-order chi connectivity index (χ0) is 17.2. The third-order valence-electron chi connectivity index (χ3n) is 4.39. The normalized spacial score (nSPS) is 17.7. The molecule has 4 rings (SSSR count). The van der Waals surface area contributed by atoms with Crippen LogP contribution < -0.4 is 4.90 Å². The van der Waals surface area contributed by atoms with Crippen LogP contribution in [0.3, 0.4) is 0 Å². The Morgan fingerprint density at radius 1 is 1.16 bits per heavy atom. The molecule has 0 saturated carbocycles. The highest BCUT2D eigenvalue weighted by Crippen LogP contribution is 2.30. The van der Waals surface area contributed by atoms with Crippen molar-refractivity contribution in [2.75, 3.05) is 24.6 Å². The molecular formula is C18H19N5OS. The summed E-state index contributed by atoms with van der Waals surface area (Å²) in [6.45, 7) is 6.34. The molecular weight excluding hydrogens is 334 g/mol. The average molecular weight is 353 g/mol. The topological polar surface area (TPSA) is 64.0 Å². The van der Waals surface area contributed by atoms with Gasteiger partial charge in [-0.25, -0.2) is 15.0 Å². The summed E-state index contributed by atoms with van der Waals surface area (Å²) in [4.78, 5) is 20.3. The molecule has 3 aromatic rings. The zero-order valence-corrected chi connectivity index (χ0v) is 15.0. The van der Waals surface area contributed by atoms with Crippen molar-refractivity contribution in [2.45, 2.75) is 20.0 Å². The van der Waals surface area contributed by atoms with Gasteiger partial charge in [0.2, 0.25) is 0 Å². The molecule has 25 heavy (non-hydrogen) atoms. The van der Waals surface area contributed by atoms with Gasteiger partial charge in [-0.2, -0.15) is 0 Å². The van der Waals surface area contributed by atoms with Gasteiger partial charge in [0.05, 0.1) is 13.2 Å². The number of anilines is 1. The van der Waals surface area contributed by atoms with E-state index in [0.29, 0.717) is 6.61 Å². The lowest BCUT2D eigenvalue weighted by Crippen LogP contribution is -2.39. The minimum Gasteiger partial charge on any atom is -0.367 e. The SMILES string of the molecule is Cc1nc(-c2ccncc2)nc(N2CCOC(c3nccs3)C2)c1C. The molecule has 0 radical (unpaired) electrons. The van der Waals surface area contributed by atoms with Gasteiger partial charge in [-0.1, -0.05) is 0 Å². The molecule has 128 valence electrons. The molecule has 6 nitrogen and oxygen atoms in total. The largest absolute Gasteiger partial charge is 0.367 e. The molecule has 1 aliphatic rings. The van der Waals surface area contributed by atoms with Crippen molar-refractivity contribution in [3.63, 3.8) is 0 Å². The van der Waals surface area contributed by atoms with Crippen LogP contribution >= 0.6 is 11.3 Å². The van der Waals surface area contributed by atoms with E-state index in [1.54, 1.807) is 23.7 Å². The summed E-state index contributed by atoms with van der Waals surface area (Å²) in [5.74, 6) is 1.71. The van der Waals surface area contributed by atoms with Crippen LogP contribution in [-0.2, 0) is 4.74 Å². The van der Waals surface area contributed by atoms with Gasteiger partial charge in [0.15, 0.2) is 5.82 Å². The highest BCUT2D eigenvalue weighted by molar-refractivity contribution is 7.09. The molecule has 0 aliphatic carbocycles. The van der Waals surface area contributed by atoms with Gasteiger partial charge in [-0.3, -0.25) is 4.98 Å². The molecule has 3 aromatic heterocycles. The predicted molar refractivity (Wildman–Crippen MR) is 97.8 cm³/mol. The first-order valence-electron chi connectivity index (χ1n) is 8.24. The number of nitrogens with zero attached hydrogens (tertiary/aromatic N) is 5. The zero-order valence-electron chi connectivity index (χ0n) is 14.2. The number of morpholine rings is 1. The number of hydrogen-bond donors (Lipinski definition) is 0. The maximum Gasteiger partial charge on any atom is 0.161 e. The minimum absolute atomic E-state index is 0.00667. The number of aromatic nitrogens is 4. The Bertz CT molecular complexity index is 853. The van der Waals surface area contributed by atoms with E-state index in [9.17, 15) is 0 Å². The molecule has 0 aromatic carbocycles. The van der Waals surface area contributed by atoms with E-state index >= 15 is 0 Å². The van der Waals surface area contributed by atoms with E-state index < -0.39 is 0 Å². The Morgan fingerprint density at radius 3 is 2.76 bits per heavy atom. The first kappa shape index (κ1) is 16.1. The van der Waals surface area contributed by atoms with Gasteiger partial charge in [0, 0.05) is 47.3 Å². The number of hydrogen-bond acceptors (Lipinski definition) is 7.